The third-order valence-electron chi connectivity index (χ3n) is 2.29. The summed E-state index contributed by atoms with van der Waals surface area (Å²) in [5.41, 5.74) is 4.29. The first-order valence-electron chi connectivity index (χ1n) is 5.93. The number of carbonyl (C=O) groups is 1. The third kappa shape index (κ3) is 4.73. The smallest absolute Gasteiger partial charge is 0.416 e. The van der Waals surface area contributed by atoms with E-state index in [0.29, 0.717) is 0 Å². The van der Waals surface area contributed by atoms with Crippen molar-refractivity contribution in [1.29, 1.82) is 0 Å². The summed E-state index contributed by atoms with van der Waals surface area (Å²) in [5, 5.41) is 2.39. The average molecular weight is 290 g/mol. The molecule has 1 aromatic rings. The van der Waals surface area contributed by atoms with Crippen molar-refractivity contribution in [1.82, 2.24) is 0 Å². The summed E-state index contributed by atoms with van der Waals surface area (Å²) in [6.07, 6.45) is -5.19. The standard InChI is InChI=1S/C13H17F3N2O2/c1-12(2,3)20-11(19)18-10-5-4-9(13(14,15)16)6-8(10)7-17/h4-6H,7,17H2,1-3H3,(H,18,19). The molecular weight excluding hydrogens is 273 g/mol. The Bertz CT molecular complexity index is 493. The molecule has 0 saturated heterocycles. The quantitative estimate of drug-likeness (QED) is 0.876. The van der Waals surface area contributed by atoms with Gasteiger partial charge in [-0.1, -0.05) is 0 Å². The number of hydrogen-bond acceptors (Lipinski definition) is 3. The van der Waals surface area contributed by atoms with E-state index >= 15 is 0 Å². The van der Waals surface area contributed by atoms with Crippen LogP contribution in [0.4, 0.5) is 23.7 Å². The predicted molar refractivity (Wildman–Crippen MR) is 69.2 cm³/mol. The van der Waals surface area contributed by atoms with E-state index < -0.39 is 23.4 Å². The molecule has 0 aromatic heterocycles. The van der Waals surface area contributed by atoms with E-state index in [9.17, 15) is 18.0 Å². The average Bonchev–Trinajstić information content (AvgIpc) is 2.25. The zero-order valence-electron chi connectivity index (χ0n) is 11.5. The summed E-state index contributed by atoms with van der Waals surface area (Å²) in [7, 11) is 0. The Morgan fingerprint density at radius 3 is 2.35 bits per heavy atom. The molecule has 4 nitrogen and oxygen atoms in total. The van der Waals surface area contributed by atoms with E-state index in [0.717, 1.165) is 18.2 Å². The summed E-state index contributed by atoms with van der Waals surface area (Å²) >= 11 is 0. The number of nitrogens with two attached hydrogens (primary N) is 1. The van der Waals surface area contributed by atoms with Gasteiger partial charge in [0.25, 0.3) is 0 Å². The molecule has 0 unspecified atom stereocenters. The highest BCUT2D eigenvalue weighted by Gasteiger charge is 2.31. The van der Waals surface area contributed by atoms with Crippen molar-refractivity contribution < 1.29 is 22.7 Å². The molecule has 0 bridgehead atoms. The van der Waals surface area contributed by atoms with Crippen molar-refractivity contribution in [3.05, 3.63) is 29.3 Å². The molecule has 0 aliphatic rings. The predicted octanol–water partition coefficient (Wildman–Crippen LogP) is 3.51. The largest absolute Gasteiger partial charge is 0.444 e. The maximum Gasteiger partial charge on any atom is 0.416 e. The number of hydrogen-bond donors (Lipinski definition) is 2. The first-order valence-corrected chi connectivity index (χ1v) is 5.93. The molecule has 7 heteroatoms. The number of amides is 1. The van der Waals surface area contributed by atoms with Crippen LogP contribution < -0.4 is 11.1 Å². The normalized spacial score (nSPS) is 12.2. The molecule has 0 atom stereocenters. The van der Waals surface area contributed by atoms with Crippen molar-refractivity contribution in [2.45, 2.75) is 39.1 Å². The van der Waals surface area contributed by atoms with Gasteiger partial charge in [0.05, 0.1) is 5.56 Å². The Morgan fingerprint density at radius 2 is 1.90 bits per heavy atom. The van der Waals surface area contributed by atoms with Crippen LogP contribution in [0.2, 0.25) is 0 Å². The molecule has 0 aliphatic heterocycles. The maximum absolute atomic E-state index is 12.6. The second-order valence-electron chi connectivity index (χ2n) is 5.20. The lowest BCUT2D eigenvalue weighted by molar-refractivity contribution is -0.137. The molecule has 0 radical (unpaired) electrons. The van der Waals surface area contributed by atoms with Gasteiger partial charge in [0.15, 0.2) is 0 Å². The lowest BCUT2D eigenvalue weighted by atomic mass is 10.1. The molecule has 0 heterocycles. The van der Waals surface area contributed by atoms with E-state index in [1.54, 1.807) is 20.8 Å². The number of halogens is 3. The molecule has 3 N–H and O–H groups in total. The van der Waals surface area contributed by atoms with Crippen molar-refractivity contribution in [2.24, 2.45) is 5.73 Å². The summed E-state index contributed by atoms with van der Waals surface area (Å²) in [6.45, 7) is 4.92. The zero-order valence-corrected chi connectivity index (χ0v) is 11.5. The van der Waals surface area contributed by atoms with Gasteiger partial charge in [-0.25, -0.2) is 4.79 Å². The van der Waals surface area contributed by atoms with E-state index in [1.807, 2.05) is 0 Å². The van der Waals surface area contributed by atoms with Gasteiger partial charge in [0.2, 0.25) is 0 Å². The number of nitrogens with one attached hydrogen (secondary N) is 1. The van der Waals surface area contributed by atoms with Gasteiger partial charge in [-0.3, -0.25) is 5.32 Å². The van der Waals surface area contributed by atoms with Crippen LogP contribution in [0.5, 0.6) is 0 Å². The Balaban J connectivity index is 2.94. The molecular formula is C13H17F3N2O2. The van der Waals surface area contributed by atoms with Crippen LogP contribution in [-0.4, -0.2) is 11.7 Å². The minimum absolute atomic E-state index is 0.130. The maximum atomic E-state index is 12.6. The van der Waals surface area contributed by atoms with Crippen LogP contribution in [0.15, 0.2) is 18.2 Å². The molecule has 0 saturated carbocycles. The van der Waals surface area contributed by atoms with E-state index in [-0.39, 0.29) is 17.8 Å². The number of ether oxygens (including phenoxy) is 1. The molecule has 1 rings (SSSR count). The third-order valence-corrected chi connectivity index (χ3v) is 2.29. The van der Waals surface area contributed by atoms with E-state index in [2.05, 4.69) is 5.32 Å². The highest BCUT2D eigenvalue weighted by Crippen LogP contribution is 2.31. The van der Waals surface area contributed by atoms with Crippen LogP contribution in [0, 0.1) is 0 Å². The van der Waals surface area contributed by atoms with Gasteiger partial charge in [0.1, 0.15) is 5.60 Å². The van der Waals surface area contributed by atoms with Crippen LogP contribution in [0.25, 0.3) is 0 Å². The molecule has 20 heavy (non-hydrogen) atoms. The van der Waals surface area contributed by atoms with Crippen LogP contribution in [0.3, 0.4) is 0 Å². The Kier molecular flexibility index (Phi) is 4.65. The van der Waals surface area contributed by atoms with Gasteiger partial charge < -0.3 is 10.5 Å². The first-order chi connectivity index (χ1) is 9.03. The topological polar surface area (TPSA) is 64.3 Å². The number of carbonyl (C=O) groups excluding carboxylic acids is 1. The molecule has 0 aliphatic carbocycles. The van der Waals surface area contributed by atoms with Crippen molar-refractivity contribution in [3.8, 4) is 0 Å². The minimum atomic E-state index is -4.45. The van der Waals surface area contributed by atoms with Gasteiger partial charge in [-0.05, 0) is 44.5 Å². The molecule has 112 valence electrons. The second kappa shape index (κ2) is 5.70. The summed E-state index contributed by atoms with van der Waals surface area (Å²) in [5.74, 6) is 0. The second-order valence-corrected chi connectivity index (χ2v) is 5.20. The minimum Gasteiger partial charge on any atom is -0.444 e. The summed E-state index contributed by atoms with van der Waals surface area (Å²) in [6, 6.07) is 2.95. The first kappa shape index (κ1) is 16.3. The fourth-order valence-corrected chi connectivity index (χ4v) is 1.47. The highest BCUT2D eigenvalue weighted by atomic mass is 19.4. The van der Waals surface area contributed by atoms with E-state index in [4.69, 9.17) is 10.5 Å². The molecule has 0 fully saturated rings. The molecule has 1 amide bonds. The highest BCUT2D eigenvalue weighted by molar-refractivity contribution is 5.86. The molecule has 1 aromatic carbocycles. The Morgan fingerprint density at radius 1 is 1.30 bits per heavy atom. The van der Waals surface area contributed by atoms with Crippen LogP contribution in [0.1, 0.15) is 31.9 Å². The summed E-state index contributed by atoms with van der Waals surface area (Å²) < 4.78 is 42.7. The SMILES string of the molecule is CC(C)(C)OC(=O)Nc1ccc(C(F)(F)F)cc1CN. The Hall–Kier alpha value is -1.76. The lowest BCUT2D eigenvalue weighted by Gasteiger charge is -2.20. The van der Waals surface area contributed by atoms with Gasteiger partial charge >= 0.3 is 12.3 Å². The van der Waals surface area contributed by atoms with Crippen molar-refractivity contribution in [2.75, 3.05) is 5.32 Å². The lowest BCUT2D eigenvalue weighted by Crippen LogP contribution is -2.27. The Labute approximate surface area is 115 Å². The zero-order chi connectivity index (χ0) is 15.6. The summed E-state index contributed by atoms with van der Waals surface area (Å²) in [4.78, 5) is 11.6. The van der Waals surface area contributed by atoms with Gasteiger partial charge in [-0.2, -0.15) is 13.2 Å². The van der Waals surface area contributed by atoms with Crippen LogP contribution >= 0.6 is 0 Å². The van der Waals surface area contributed by atoms with Crippen molar-refractivity contribution >= 4 is 11.8 Å². The monoisotopic (exact) mass is 290 g/mol. The number of alkyl halides is 3. The van der Waals surface area contributed by atoms with Gasteiger partial charge in [0, 0.05) is 12.2 Å². The molecule has 0 spiro atoms. The van der Waals surface area contributed by atoms with E-state index in [1.165, 1.54) is 0 Å². The number of anilines is 1. The fourth-order valence-electron chi connectivity index (χ4n) is 1.47. The van der Waals surface area contributed by atoms with Crippen molar-refractivity contribution in [3.63, 3.8) is 0 Å². The van der Waals surface area contributed by atoms with Crippen LogP contribution in [-0.2, 0) is 17.5 Å². The number of benzene rings is 1. The fraction of sp³-hybridized carbons (Fsp3) is 0.462. The van der Waals surface area contributed by atoms with Gasteiger partial charge in [-0.15, -0.1) is 0 Å². The number of rotatable bonds is 2.